The molecule has 0 unspecified atom stereocenters. The Bertz CT molecular complexity index is 566. The zero-order chi connectivity index (χ0) is 15.1. The fraction of sp³-hybridized carbons (Fsp3) is 0.438. The number of rotatable bonds is 8. The Morgan fingerprint density at radius 2 is 2.05 bits per heavy atom. The van der Waals surface area contributed by atoms with Gasteiger partial charge in [-0.2, -0.15) is 0 Å². The second-order valence-corrected chi connectivity index (χ2v) is 4.68. The van der Waals surface area contributed by atoms with E-state index in [9.17, 15) is 0 Å². The summed E-state index contributed by atoms with van der Waals surface area (Å²) in [5.74, 6) is 2.91. The lowest BCUT2D eigenvalue weighted by Gasteiger charge is -2.08. The smallest absolute Gasteiger partial charge is 0.196 e. The molecule has 0 amide bonds. The maximum absolute atomic E-state index is 5.81. The molecule has 0 atom stereocenters. The second-order valence-electron chi connectivity index (χ2n) is 4.68. The molecule has 0 bridgehead atoms. The fourth-order valence-electron chi connectivity index (χ4n) is 2.05. The van der Waals surface area contributed by atoms with Crippen molar-refractivity contribution in [2.75, 3.05) is 27.3 Å². The first-order chi connectivity index (χ1) is 10.3. The van der Waals surface area contributed by atoms with Gasteiger partial charge in [-0.1, -0.05) is 6.92 Å². The van der Waals surface area contributed by atoms with Crippen molar-refractivity contribution in [1.82, 2.24) is 10.3 Å². The van der Waals surface area contributed by atoms with Gasteiger partial charge in [0.15, 0.2) is 11.7 Å². The van der Waals surface area contributed by atoms with Crippen LogP contribution in [-0.4, -0.2) is 32.3 Å². The van der Waals surface area contributed by atoms with Gasteiger partial charge in [-0.15, -0.1) is 0 Å². The normalized spacial score (nSPS) is 10.6. The quantitative estimate of drug-likeness (QED) is 0.758. The Morgan fingerprint density at radius 3 is 2.76 bits per heavy atom. The molecule has 0 aliphatic heterocycles. The summed E-state index contributed by atoms with van der Waals surface area (Å²) < 4.78 is 16.4. The van der Waals surface area contributed by atoms with Crippen LogP contribution in [0.5, 0.6) is 11.5 Å². The summed E-state index contributed by atoms with van der Waals surface area (Å²) in [6, 6.07) is 5.60. The van der Waals surface area contributed by atoms with Crippen LogP contribution in [0.2, 0.25) is 0 Å². The maximum atomic E-state index is 5.81. The number of ether oxygens (including phenoxy) is 2. The van der Waals surface area contributed by atoms with Crippen molar-refractivity contribution in [1.29, 1.82) is 0 Å². The van der Waals surface area contributed by atoms with Crippen molar-refractivity contribution in [3.63, 3.8) is 0 Å². The third-order valence-electron chi connectivity index (χ3n) is 3.17. The highest BCUT2D eigenvalue weighted by molar-refractivity contribution is 5.67. The third kappa shape index (κ3) is 3.98. The van der Waals surface area contributed by atoms with Crippen molar-refractivity contribution in [2.45, 2.75) is 19.8 Å². The third-order valence-corrected chi connectivity index (χ3v) is 3.17. The summed E-state index contributed by atoms with van der Waals surface area (Å²) in [7, 11) is 3.27. The lowest BCUT2D eigenvalue weighted by atomic mass is 10.1. The summed E-state index contributed by atoms with van der Waals surface area (Å²) in [4.78, 5) is 4.32. The van der Waals surface area contributed by atoms with E-state index in [0.717, 1.165) is 48.9 Å². The summed E-state index contributed by atoms with van der Waals surface area (Å²) in [6.45, 7) is 4.02. The molecule has 1 aromatic heterocycles. The molecular formula is C16H22N2O3. The molecule has 0 aliphatic carbocycles. The van der Waals surface area contributed by atoms with E-state index in [1.165, 1.54) is 0 Å². The summed E-state index contributed by atoms with van der Waals surface area (Å²) in [5, 5.41) is 3.33. The first kappa shape index (κ1) is 15.4. The van der Waals surface area contributed by atoms with Crippen LogP contribution in [0.15, 0.2) is 28.8 Å². The molecule has 0 saturated heterocycles. The van der Waals surface area contributed by atoms with Gasteiger partial charge < -0.3 is 19.2 Å². The zero-order valence-corrected chi connectivity index (χ0v) is 12.8. The van der Waals surface area contributed by atoms with E-state index in [-0.39, 0.29) is 0 Å². The van der Waals surface area contributed by atoms with Gasteiger partial charge in [0.1, 0.15) is 11.5 Å². The SMILES string of the molecule is CCCNCCc1ncc(-c2cc(OC)ccc2OC)o1. The Labute approximate surface area is 125 Å². The number of hydrogen-bond acceptors (Lipinski definition) is 5. The Morgan fingerprint density at radius 1 is 1.19 bits per heavy atom. The van der Waals surface area contributed by atoms with E-state index in [4.69, 9.17) is 13.9 Å². The fourth-order valence-corrected chi connectivity index (χ4v) is 2.05. The van der Waals surface area contributed by atoms with Gasteiger partial charge in [0.05, 0.1) is 26.0 Å². The number of hydrogen-bond donors (Lipinski definition) is 1. The van der Waals surface area contributed by atoms with E-state index >= 15 is 0 Å². The highest BCUT2D eigenvalue weighted by atomic mass is 16.5. The highest BCUT2D eigenvalue weighted by Gasteiger charge is 2.12. The van der Waals surface area contributed by atoms with Crippen molar-refractivity contribution in [3.05, 3.63) is 30.3 Å². The first-order valence-corrected chi connectivity index (χ1v) is 7.16. The lowest BCUT2D eigenvalue weighted by molar-refractivity contribution is 0.402. The molecule has 21 heavy (non-hydrogen) atoms. The molecule has 0 aliphatic rings. The standard InChI is InChI=1S/C16H22N2O3/c1-4-8-17-9-7-16-18-11-15(21-16)13-10-12(19-2)5-6-14(13)20-3/h5-6,10-11,17H,4,7-9H2,1-3H3. The van der Waals surface area contributed by atoms with E-state index in [0.29, 0.717) is 5.76 Å². The van der Waals surface area contributed by atoms with Crippen LogP contribution in [0.3, 0.4) is 0 Å². The summed E-state index contributed by atoms with van der Waals surface area (Å²) in [6.07, 6.45) is 3.62. The zero-order valence-electron chi connectivity index (χ0n) is 12.8. The molecular weight excluding hydrogens is 268 g/mol. The minimum atomic E-state index is 0.691. The summed E-state index contributed by atoms with van der Waals surface area (Å²) in [5.41, 5.74) is 0.845. The largest absolute Gasteiger partial charge is 0.497 e. The summed E-state index contributed by atoms with van der Waals surface area (Å²) >= 11 is 0. The average molecular weight is 290 g/mol. The Kier molecular flexibility index (Phi) is 5.63. The Hall–Kier alpha value is -2.01. The van der Waals surface area contributed by atoms with Crippen LogP contribution in [0.4, 0.5) is 0 Å². The van der Waals surface area contributed by atoms with Gasteiger partial charge in [-0.3, -0.25) is 0 Å². The predicted octanol–water partition coefficient (Wildman–Crippen LogP) is 2.90. The molecule has 0 fully saturated rings. The number of nitrogens with one attached hydrogen (secondary N) is 1. The maximum Gasteiger partial charge on any atom is 0.196 e. The van der Waals surface area contributed by atoms with E-state index in [1.807, 2.05) is 18.2 Å². The number of benzene rings is 1. The molecule has 0 saturated carbocycles. The van der Waals surface area contributed by atoms with Crippen molar-refractivity contribution < 1.29 is 13.9 Å². The molecule has 1 aromatic carbocycles. The van der Waals surface area contributed by atoms with Gasteiger partial charge in [0, 0.05) is 13.0 Å². The molecule has 114 valence electrons. The van der Waals surface area contributed by atoms with Crippen LogP contribution < -0.4 is 14.8 Å². The van der Waals surface area contributed by atoms with Crippen molar-refractivity contribution in [3.8, 4) is 22.8 Å². The van der Waals surface area contributed by atoms with Gasteiger partial charge in [-0.25, -0.2) is 4.98 Å². The van der Waals surface area contributed by atoms with Crippen LogP contribution in [0.25, 0.3) is 11.3 Å². The second kappa shape index (κ2) is 7.69. The average Bonchev–Trinajstić information content (AvgIpc) is 2.99. The van der Waals surface area contributed by atoms with E-state index < -0.39 is 0 Å². The molecule has 1 heterocycles. The number of nitrogens with zero attached hydrogens (tertiary/aromatic N) is 1. The van der Waals surface area contributed by atoms with Crippen molar-refractivity contribution in [2.24, 2.45) is 0 Å². The Balaban J connectivity index is 2.13. The molecule has 5 heteroatoms. The van der Waals surface area contributed by atoms with Crippen LogP contribution in [0.1, 0.15) is 19.2 Å². The topological polar surface area (TPSA) is 56.5 Å². The van der Waals surface area contributed by atoms with Gasteiger partial charge in [-0.05, 0) is 31.2 Å². The molecule has 2 aromatic rings. The molecule has 1 N–H and O–H groups in total. The van der Waals surface area contributed by atoms with E-state index in [1.54, 1.807) is 20.4 Å². The minimum absolute atomic E-state index is 0.691. The lowest BCUT2D eigenvalue weighted by Crippen LogP contribution is -2.17. The highest BCUT2D eigenvalue weighted by Crippen LogP contribution is 2.33. The predicted molar refractivity (Wildman–Crippen MR) is 81.9 cm³/mol. The number of methoxy groups -OCH3 is 2. The van der Waals surface area contributed by atoms with E-state index in [2.05, 4.69) is 17.2 Å². The molecule has 2 rings (SSSR count). The van der Waals surface area contributed by atoms with Gasteiger partial charge in [0.2, 0.25) is 0 Å². The van der Waals surface area contributed by atoms with Gasteiger partial charge in [0.25, 0.3) is 0 Å². The minimum Gasteiger partial charge on any atom is -0.497 e. The molecule has 0 radical (unpaired) electrons. The van der Waals surface area contributed by atoms with Crippen LogP contribution in [0, 0.1) is 0 Å². The molecule has 5 nitrogen and oxygen atoms in total. The van der Waals surface area contributed by atoms with Crippen LogP contribution >= 0.6 is 0 Å². The van der Waals surface area contributed by atoms with Crippen molar-refractivity contribution >= 4 is 0 Å². The van der Waals surface area contributed by atoms with Gasteiger partial charge >= 0.3 is 0 Å². The number of oxazole rings is 1. The first-order valence-electron chi connectivity index (χ1n) is 7.16. The molecule has 0 spiro atoms. The monoisotopic (exact) mass is 290 g/mol. The van der Waals surface area contributed by atoms with Crippen LogP contribution in [-0.2, 0) is 6.42 Å². The number of aromatic nitrogens is 1.